The predicted octanol–water partition coefficient (Wildman–Crippen LogP) is 1.50. The number of amides is 2. The first-order chi connectivity index (χ1) is 15.2. The molecule has 0 bridgehead atoms. The molecule has 0 saturated carbocycles. The quantitative estimate of drug-likeness (QED) is 0.224. The standard InChI is InChI=1S/C24H46N4O4/c1-5-6-7-8-9-10-11-18-14-26-15-19(18)23(31)28-21(17(4)29)24(32)27-20(12-13-25)22(30)16(2)3/h16-21,26,29H,5-15,25H2,1-4H3,(H,27,32)(H,28,31)/t17?,18-,19?,20+,21+/m1/s1. The summed E-state index contributed by atoms with van der Waals surface area (Å²) in [6.07, 6.45) is 7.47. The molecule has 8 nitrogen and oxygen atoms in total. The van der Waals surface area contributed by atoms with Gasteiger partial charge in [0.25, 0.3) is 0 Å². The fourth-order valence-electron chi connectivity index (χ4n) is 4.31. The Labute approximate surface area is 193 Å². The summed E-state index contributed by atoms with van der Waals surface area (Å²) < 4.78 is 0. The fraction of sp³-hybridized carbons (Fsp3) is 0.875. The van der Waals surface area contributed by atoms with Crippen LogP contribution in [-0.2, 0) is 14.4 Å². The van der Waals surface area contributed by atoms with Gasteiger partial charge in [-0.15, -0.1) is 0 Å². The van der Waals surface area contributed by atoms with E-state index in [1.807, 2.05) is 0 Å². The van der Waals surface area contributed by atoms with E-state index in [4.69, 9.17) is 5.73 Å². The van der Waals surface area contributed by atoms with E-state index in [0.717, 1.165) is 19.4 Å². The lowest BCUT2D eigenvalue weighted by Crippen LogP contribution is -2.57. The SMILES string of the molecule is CCCCCCCC[C@@H]1CNCC1C(=O)N[C@H](C(=O)N[C@@H](CCN)C(=O)C(C)C)C(C)O. The summed E-state index contributed by atoms with van der Waals surface area (Å²) in [4.78, 5) is 38.2. The molecule has 0 radical (unpaired) electrons. The van der Waals surface area contributed by atoms with Crippen molar-refractivity contribution in [2.75, 3.05) is 19.6 Å². The average Bonchev–Trinajstić information content (AvgIpc) is 3.21. The molecule has 0 aromatic heterocycles. The first kappa shape index (κ1) is 28.5. The van der Waals surface area contributed by atoms with Gasteiger partial charge in [-0.1, -0.05) is 59.3 Å². The number of Topliss-reactive ketones (excluding diaryl/α,β-unsaturated/α-hetero) is 1. The third kappa shape index (κ3) is 9.55. The van der Waals surface area contributed by atoms with Gasteiger partial charge in [0.15, 0.2) is 5.78 Å². The van der Waals surface area contributed by atoms with Crippen LogP contribution in [0.3, 0.4) is 0 Å². The molecule has 1 aliphatic rings. The van der Waals surface area contributed by atoms with E-state index < -0.39 is 24.1 Å². The Balaban J connectivity index is 2.66. The number of nitrogens with one attached hydrogen (secondary N) is 3. The summed E-state index contributed by atoms with van der Waals surface area (Å²) in [5, 5.41) is 18.9. The van der Waals surface area contributed by atoms with Crippen LogP contribution in [0.15, 0.2) is 0 Å². The Bertz CT molecular complexity index is 582. The van der Waals surface area contributed by atoms with E-state index in [1.54, 1.807) is 13.8 Å². The van der Waals surface area contributed by atoms with Crippen LogP contribution < -0.4 is 21.7 Å². The number of unbranched alkanes of at least 4 members (excludes halogenated alkanes) is 5. The first-order valence-electron chi connectivity index (χ1n) is 12.5. The second-order valence-corrected chi connectivity index (χ2v) is 9.50. The van der Waals surface area contributed by atoms with Gasteiger partial charge in [-0.05, 0) is 38.8 Å². The third-order valence-corrected chi connectivity index (χ3v) is 6.35. The van der Waals surface area contributed by atoms with Crippen LogP contribution >= 0.6 is 0 Å². The highest BCUT2D eigenvalue weighted by atomic mass is 16.3. The second kappa shape index (κ2) is 15.3. The van der Waals surface area contributed by atoms with Gasteiger partial charge in [0.05, 0.1) is 18.1 Å². The van der Waals surface area contributed by atoms with Crippen LogP contribution in [0, 0.1) is 17.8 Å². The summed E-state index contributed by atoms with van der Waals surface area (Å²) in [6, 6.07) is -1.84. The Morgan fingerprint density at radius 1 is 1.03 bits per heavy atom. The monoisotopic (exact) mass is 454 g/mol. The lowest BCUT2D eigenvalue weighted by molar-refractivity contribution is -0.136. The van der Waals surface area contributed by atoms with E-state index in [1.165, 1.54) is 39.0 Å². The van der Waals surface area contributed by atoms with Crippen LogP contribution in [0.5, 0.6) is 0 Å². The summed E-state index contributed by atoms with van der Waals surface area (Å²) in [7, 11) is 0. The van der Waals surface area contributed by atoms with E-state index in [-0.39, 0.29) is 36.0 Å². The van der Waals surface area contributed by atoms with Crippen molar-refractivity contribution < 1.29 is 19.5 Å². The fourth-order valence-corrected chi connectivity index (χ4v) is 4.31. The summed E-state index contributed by atoms with van der Waals surface area (Å²) >= 11 is 0. The number of rotatable bonds is 16. The van der Waals surface area contributed by atoms with Crippen molar-refractivity contribution in [3.8, 4) is 0 Å². The summed E-state index contributed by atoms with van der Waals surface area (Å²) in [5.41, 5.74) is 5.60. The van der Waals surface area contributed by atoms with Gasteiger partial charge >= 0.3 is 0 Å². The minimum Gasteiger partial charge on any atom is -0.391 e. The lowest BCUT2D eigenvalue weighted by atomic mass is 9.89. The molecule has 1 aliphatic heterocycles. The molecular weight excluding hydrogens is 408 g/mol. The van der Waals surface area contributed by atoms with Crippen molar-refractivity contribution in [1.29, 1.82) is 0 Å². The number of hydrogen-bond donors (Lipinski definition) is 5. The van der Waals surface area contributed by atoms with Gasteiger partial charge < -0.3 is 26.8 Å². The molecular formula is C24H46N4O4. The van der Waals surface area contributed by atoms with E-state index in [9.17, 15) is 19.5 Å². The highest BCUT2D eigenvalue weighted by Crippen LogP contribution is 2.24. The summed E-state index contributed by atoms with van der Waals surface area (Å²) in [5.74, 6) is -1.14. The Kier molecular flexibility index (Phi) is 13.7. The van der Waals surface area contributed by atoms with Crippen molar-refractivity contribution in [3.05, 3.63) is 0 Å². The zero-order chi connectivity index (χ0) is 24.1. The minimum absolute atomic E-state index is 0.113. The van der Waals surface area contributed by atoms with E-state index in [0.29, 0.717) is 13.0 Å². The van der Waals surface area contributed by atoms with Crippen molar-refractivity contribution in [2.24, 2.45) is 23.5 Å². The largest absolute Gasteiger partial charge is 0.391 e. The van der Waals surface area contributed by atoms with Crippen LogP contribution in [0.25, 0.3) is 0 Å². The molecule has 32 heavy (non-hydrogen) atoms. The minimum atomic E-state index is -1.11. The maximum Gasteiger partial charge on any atom is 0.245 e. The number of carbonyl (C=O) groups excluding carboxylic acids is 3. The molecule has 1 heterocycles. The Morgan fingerprint density at radius 2 is 1.69 bits per heavy atom. The molecule has 0 aromatic rings. The van der Waals surface area contributed by atoms with Crippen molar-refractivity contribution >= 4 is 17.6 Å². The molecule has 186 valence electrons. The Morgan fingerprint density at radius 3 is 2.28 bits per heavy atom. The highest BCUT2D eigenvalue weighted by Gasteiger charge is 2.36. The van der Waals surface area contributed by atoms with Crippen LogP contribution in [0.1, 0.15) is 79.1 Å². The topological polar surface area (TPSA) is 134 Å². The zero-order valence-corrected chi connectivity index (χ0v) is 20.5. The molecule has 0 aromatic carbocycles. The zero-order valence-electron chi connectivity index (χ0n) is 20.5. The van der Waals surface area contributed by atoms with E-state index >= 15 is 0 Å². The van der Waals surface area contributed by atoms with Crippen molar-refractivity contribution in [3.63, 3.8) is 0 Å². The molecule has 5 atom stereocenters. The average molecular weight is 455 g/mol. The molecule has 2 amide bonds. The number of carbonyl (C=O) groups is 3. The smallest absolute Gasteiger partial charge is 0.245 e. The Hall–Kier alpha value is -1.51. The lowest BCUT2D eigenvalue weighted by Gasteiger charge is -2.27. The predicted molar refractivity (Wildman–Crippen MR) is 127 cm³/mol. The van der Waals surface area contributed by atoms with E-state index in [2.05, 4.69) is 22.9 Å². The van der Waals surface area contributed by atoms with Gasteiger partial charge in [0.1, 0.15) is 6.04 Å². The van der Waals surface area contributed by atoms with Crippen LogP contribution in [-0.4, -0.2) is 60.5 Å². The molecule has 0 spiro atoms. The van der Waals surface area contributed by atoms with Crippen LogP contribution in [0.4, 0.5) is 0 Å². The molecule has 1 saturated heterocycles. The number of aliphatic hydroxyl groups excluding tert-OH is 1. The molecule has 8 heteroatoms. The van der Waals surface area contributed by atoms with Gasteiger partial charge in [-0.3, -0.25) is 14.4 Å². The molecule has 1 rings (SSSR count). The molecule has 2 unspecified atom stereocenters. The highest BCUT2D eigenvalue weighted by molar-refractivity contribution is 5.94. The first-order valence-corrected chi connectivity index (χ1v) is 12.5. The normalized spacial score (nSPS) is 21.2. The maximum absolute atomic E-state index is 13.0. The van der Waals surface area contributed by atoms with Gasteiger partial charge in [-0.2, -0.15) is 0 Å². The number of nitrogens with two attached hydrogens (primary N) is 1. The third-order valence-electron chi connectivity index (χ3n) is 6.35. The van der Waals surface area contributed by atoms with Crippen molar-refractivity contribution in [2.45, 2.75) is 97.2 Å². The summed E-state index contributed by atoms with van der Waals surface area (Å²) in [6.45, 7) is 8.82. The van der Waals surface area contributed by atoms with Crippen molar-refractivity contribution in [1.82, 2.24) is 16.0 Å². The molecule has 1 fully saturated rings. The van der Waals surface area contributed by atoms with Gasteiger partial charge in [0.2, 0.25) is 11.8 Å². The number of hydrogen-bond acceptors (Lipinski definition) is 6. The maximum atomic E-state index is 13.0. The van der Waals surface area contributed by atoms with Gasteiger partial charge in [-0.25, -0.2) is 0 Å². The number of ketones is 1. The molecule has 0 aliphatic carbocycles. The second-order valence-electron chi connectivity index (χ2n) is 9.50. The van der Waals surface area contributed by atoms with Gasteiger partial charge in [0, 0.05) is 12.5 Å². The molecule has 6 N–H and O–H groups in total. The van der Waals surface area contributed by atoms with Crippen LogP contribution in [0.2, 0.25) is 0 Å². The number of aliphatic hydroxyl groups is 1.